The van der Waals surface area contributed by atoms with E-state index in [1.54, 1.807) is 0 Å². The van der Waals surface area contributed by atoms with Crippen molar-refractivity contribution in [2.45, 2.75) is 25.0 Å². The van der Waals surface area contributed by atoms with Crippen molar-refractivity contribution in [2.75, 3.05) is 5.32 Å². The summed E-state index contributed by atoms with van der Waals surface area (Å²) in [5, 5.41) is 11.9. The second kappa shape index (κ2) is 4.86. The predicted octanol–water partition coefficient (Wildman–Crippen LogP) is 1.64. The fraction of sp³-hybridized carbons (Fsp3) is 0.429. The Balaban J connectivity index is 1.76. The van der Waals surface area contributed by atoms with Gasteiger partial charge in [-0.3, -0.25) is 9.59 Å². The van der Waals surface area contributed by atoms with Crippen molar-refractivity contribution in [1.29, 1.82) is 0 Å². The fourth-order valence-corrected chi connectivity index (χ4v) is 3.08. The first-order valence-electron chi connectivity index (χ1n) is 6.51. The Kier molecular flexibility index (Phi) is 3.17. The lowest BCUT2D eigenvalue weighted by Crippen LogP contribution is -2.40. The number of nitrogens with one attached hydrogen (secondary N) is 1. The number of halogens is 1. The predicted molar refractivity (Wildman–Crippen MR) is 67.5 cm³/mol. The zero-order chi connectivity index (χ0) is 14.3. The normalized spacial score (nSPS) is 31.2. The van der Waals surface area contributed by atoms with Gasteiger partial charge in [-0.05, 0) is 37.1 Å². The molecule has 1 aromatic carbocycles. The summed E-state index contributed by atoms with van der Waals surface area (Å²) in [6.45, 7) is 0. The van der Waals surface area contributed by atoms with Gasteiger partial charge in [-0.1, -0.05) is 0 Å². The van der Waals surface area contributed by atoms with Crippen molar-refractivity contribution in [2.24, 2.45) is 11.8 Å². The van der Waals surface area contributed by atoms with Crippen molar-refractivity contribution >= 4 is 17.6 Å². The van der Waals surface area contributed by atoms with E-state index in [-0.39, 0.29) is 18.1 Å². The van der Waals surface area contributed by atoms with E-state index in [9.17, 15) is 19.1 Å². The number of amides is 1. The van der Waals surface area contributed by atoms with Gasteiger partial charge in [0.25, 0.3) is 0 Å². The summed E-state index contributed by atoms with van der Waals surface area (Å²) < 4.78 is 18.3. The topological polar surface area (TPSA) is 75.6 Å². The highest BCUT2D eigenvalue weighted by Crippen LogP contribution is 2.44. The van der Waals surface area contributed by atoms with Gasteiger partial charge < -0.3 is 15.2 Å². The van der Waals surface area contributed by atoms with Crippen molar-refractivity contribution in [3.05, 3.63) is 30.1 Å². The Labute approximate surface area is 114 Å². The van der Waals surface area contributed by atoms with Crippen molar-refractivity contribution in [1.82, 2.24) is 0 Å². The van der Waals surface area contributed by atoms with Crippen LogP contribution in [0.3, 0.4) is 0 Å². The summed E-state index contributed by atoms with van der Waals surface area (Å²) >= 11 is 0. The van der Waals surface area contributed by atoms with Crippen molar-refractivity contribution in [3.63, 3.8) is 0 Å². The van der Waals surface area contributed by atoms with Gasteiger partial charge in [0.1, 0.15) is 5.82 Å². The Bertz CT molecular complexity index is 545. The molecule has 2 bridgehead atoms. The molecule has 0 aromatic heterocycles. The number of benzene rings is 1. The van der Waals surface area contributed by atoms with Crippen LogP contribution < -0.4 is 5.32 Å². The molecule has 0 spiro atoms. The maximum absolute atomic E-state index is 12.8. The highest BCUT2D eigenvalue weighted by atomic mass is 19.1. The molecule has 1 aromatic rings. The molecule has 106 valence electrons. The SMILES string of the molecule is O=C(O)[C@@H]1[C@H](C(=O)Nc2ccc(F)cc2)[C@H]2CC[C@@H]1O2. The molecule has 2 aliphatic heterocycles. The highest BCUT2D eigenvalue weighted by Gasteiger charge is 2.55. The fourth-order valence-electron chi connectivity index (χ4n) is 3.08. The minimum atomic E-state index is -1.00. The van der Waals surface area contributed by atoms with Crippen LogP contribution in [0.5, 0.6) is 0 Å². The van der Waals surface area contributed by atoms with E-state index >= 15 is 0 Å². The lowest BCUT2D eigenvalue weighted by molar-refractivity contribution is -0.147. The van der Waals surface area contributed by atoms with Crippen LogP contribution in [-0.4, -0.2) is 29.2 Å². The smallest absolute Gasteiger partial charge is 0.310 e. The standard InChI is InChI=1S/C14H14FNO4/c15-7-1-3-8(4-2-7)16-13(17)11-9-5-6-10(20-9)12(11)14(18)19/h1-4,9-12H,5-6H2,(H,16,17)(H,18,19)/t9-,10+,11-,12+/m1/s1. The van der Waals surface area contributed by atoms with Crippen LogP contribution in [0.2, 0.25) is 0 Å². The summed E-state index contributed by atoms with van der Waals surface area (Å²) in [7, 11) is 0. The Morgan fingerprint density at radius 1 is 1.15 bits per heavy atom. The van der Waals surface area contributed by atoms with E-state index in [4.69, 9.17) is 4.74 Å². The molecule has 1 amide bonds. The zero-order valence-corrected chi connectivity index (χ0v) is 10.6. The molecule has 6 heteroatoms. The summed E-state index contributed by atoms with van der Waals surface area (Å²) in [6.07, 6.45) is 0.681. The van der Waals surface area contributed by atoms with E-state index < -0.39 is 23.6 Å². The number of carbonyl (C=O) groups is 2. The number of hydrogen-bond donors (Lipinski definition) is 2. The Morgan fingerprint density at radius 2 is 1.75 bits per heavy atom. The van der Waals surface area contributed by atoms with Gasteiger partial charge in [0.05, 0.1) is 24.0 Å². The minimum Gasteiger partial charge on any atom is -0.481 e. The molecule has 0 unspecified atom stereocenters. The zero-order valence-electron chi connectivity index (χ0n) is 10.6. The maximum atomic E-state index is 12.8. The molecule has 2 aliphatic rings. The lowest BCUT2D eigenvalue weighted by atomic mass is 9.78. The molecule has 5 nitrogen and oxygen atoms in total. The van der Waals surface area contributed by atoms with E-state index in [0.29, 0.717) is 18.5 Å². The molecule has 2 fully saturated rings. The molecule has 2 heterocycles. The number of ether oxygens (including phenoxy) is 1. The van der Waals surface area contributed by atoms with Crippen LogP contribution in [0.15, 0.2) is 24.3 Å². The van der Waals surface area contributed by atoms with Gasteiger partial charge in [0, 0.05) is 5.69 Å². The number of anilines is 1. The number of hydrogen-bond acceptors (Lipinski definition) is 3. The van der Waals surface area contributed by atoms with Gasteiger partial charge >= 0.3 is 5.97 Å². The van der Waals surface area contributed by atoms with E-state index in [0.717, 1.165) is 0 Å². The number of carboxylic acid groups (broad SMARTS) is 1. The first-order chi connectivity index (χ1) is 9.56. The second-order valence-electron chi connectivity index (χ2n) is 5.18. The Morgan fingerprint density at radius 3 is 2.35 bits per heavy atom. The summed E-state index contributed by atoms with van der Waals surface area (Å²) in [5.41, 5.74) is 0.448. The highest BCUT2D eigenvalue weighted by molar-refractivity contribution is 5.96. The van der Waals surface area contributed by atoms with Gasteiger partial charge in [-0.2, -0.15) is 0 Å². The average Bonchev–Trinajstić information content (AvgIpc) is 3.01. The van der Waals surface area contributed by atoms with Crippen LogP contribution in [-0.2, 0) is 14.3 Å². The van der Waals surface area contributed by atoms with Crippen LogP contribution in [0, 0.1) is 17.7 Å². The number of carboxylic acids is 1. The summed E-state index contributed by atoms with van der Waals surface area (Å²) in [4.78, 5) is 23.5. The number of rotatable bonds is 3. The third-order valence-electron chi connectivity index (χ3n) is 3.97. The van der Waals surface area contributed by atoms with Crippen LogP contribution in [0.1, 0.15) is 12.8 Å². The van der Waals surface area contributed by atoms with Gasteiger partial charge in [-0.25, -0.2) is 4.39 Å². The van der Waals surface area contributed by atoms with Gasteiger partial charge in [0.15, 0.2) is 0 Å². The lowest BCUT2D eigenvalue weighted by Gasteiger charge is -2.23. The number of fused-ring (bicyclic) bond motifs is 2. The molecule has 4 atom stereocenters. The quantitative estimate of drug-likeness (QED) is 0.882. The molecule has 3 rings (SSSR count). The van der Waals surface area contributed by atoms with Crippen LogP contribution >= 0.6 is 0 Å². The largest absolute Gasteiger partial charge is 0.481 e. The molecule has 0 saturated carbocycles. The maximum Gasteiger partial charge on any atom is 0.310 e. The molecule has 20 heavy (non-hydrogen) atoms. The molecule has 0 aliphatic carbocycles. The molecule has 2 saturated heterocycles. The minimum absolute atomic E-state index is 0.332. The third kappa shape index (κ3) is 2.16. The monoisotopic (exact) mass is 279 g/mol. The van der Waals surface area contributed by atoms with Gasteiger partial charge in [-0.15, -0.1) is 0 Å². The molecular weight excluding hydrogens is 265 g/mol. The molecular formula is C14H14FNO4. The van der Waals surface area contributed by atoms with Crippen LogP contribution in [0.25, 0.3) is 0 Å². The number of aliphatic carboxylic acids is 1. The van der Waals surface area contributed by atoms with Crippen molar-refractivity contribution < 1.29 is 23.8 Å². The first-order valence-corrected chi connectivity index (χ1v) is 6.51. The summed E-state index contributed by atoms with van der Waals surface area (Å²) in [5.74, 6) is -3.26. The number of carbonyl (C=O) groups excluding carboxylic acids is 1. The second-order valence-corrected chi connectivity index (χ2v) is 5.18. The average molecular weight is 279 g/mol. The first kappa shape index (κ1) is 13.1. The van der Waals surface area contributed by atoms with E-state index in [2.05, 4.69) is 5.32 Å². The van der Waals surface area contributed by atoms with E-state index in [1.807, 2.05) is 0 Å². The van der Waals surface area contributed by atoms with Gasteiger partial charge in [0.2, 0.25) is 5.91 Å². The van der Waals surface area contributed by atoms with Crippen molar-refractivity contribution in [3.8, 4) is 0 Å². The van der Waals surface area contributed by atoms with Crippen LogP contribution in [0.4, 0.5) is 10.1 Å². The van der Waals surface area contributed by atoms with E-state index in [1.165, 1.54) is 24.3 Å². The Hall–Kier alpha value is -1.95. The molecule has 2 N–H and O–H groups in total. The molecule has 0 radical (unpaired) electrons. The summed E-state index contributed by atoms with van der Waals surface area (Å²) in [6, 6.07) is 5.36. The third-order valence-corrected chi connectivity index (χ3v) is 3.97.